The highest BCUT2D eigenvalue weighted by atomic mass is 16.6. The molecule has 3 N–H and O–H groups in total. The molecule has 0 fully saturated rings. The Bertz CT molecular complexity index is 1790. The Balaban J connectivity index is 1.33. The first-order chi connectivity index (χ1) is 21.8. The van der Waals surface area contributed by atoms with Crippen LogP contribution >= 0.6 is 0 Å². The van der Waals surface area contributed by atoms with E-state index in [1.807, 2.05) is 50.3 Å². The molecule has 1 aliphatic heterocycles. The number of rotatable bonds is 8. The standard InChI is InChI=1S/C36H36N6O4/c1-35(2,3)46-34(45)40-22-36(4,5)29-11-7-10-27(18-29)33(44)39-21-32(43)42-31-13-12-30(41-31)26-9-6-8-25(17-26)28-15-23(19-37)14-24(16-28)20-38/h6-12,14-18H,13,21-22H2,1-5H3,(H,39,44)(H,40,45)(H,41,42,43). The Morgan fingerprint density at radius 2 is 1.52 bits per heavy atom. The van der Waals surface area contributed by atoms with Gasteiger partial charge in [0.25, 0.3) is 5.91 Å². The number of amidine groups is 1. The van der Waals surface area contributed by atoms with E-state index in [0.717, 1.165) is 22.3 Å². The van der Waals surface area contributed by atoms with E-state index in [4.69, 9.17) is 4.74 Å². The molecule has 3 aromatic rings. The van der Waals surface area contributed by atoms with Gasteiger partial charge in [-0.1, -0.05) is 50.3 Å². The van der Waals surface area contributed by atoms with Gasteiger partial charge in [-0.25, -0.2) is 9.79 Å². The zero-order chi connectivity index (χ0) is 33.5. The summed E-state index contributed by atoms with van der Waals surface area (Å²) in [6.07, 6.45) is 1.79. The predicted octanol–water partition coefficient (Wildman–Crippen LogP) is 5.59. The van der Waals surface area contributed by atoms with Crippen LogP contribution in [0.5, 0.6) is 0 Å². The lowest BCUT2D eigenvalue weighted by Gasteiger charge is -2.27. The lowest BCUT2D eigenvalue weighted by molar-refractivity contribution is -0.118. The number of nitriles is 2. The minimum Gasteiger partial charge on any atom is -0.444 e. The summed E-state index contributed by atoms with van der Waals surface area (Å²) in [4.78, 5) is 42.3. The van der Waals surface area contributed by atoms with Crippen LogP contribution in [0.3, 0.4) is 0 Å². The van der Waals surface area contributed by atoms with Gasteiger partial charge in [0, 0.05) is 29.5 Å². The second kappa shape index (κ2) is 13.9. The van der Waals surface area contributed by atoms with Crippen molar-refractivity contribution >= 4 is 29.4 Å². The number of carbonyl (C=O) groups excluding carboxylic acids is 3. The van der Waals surface area contributed by atoms with Crippen molar-refractivity contribution in [2.45, 2.75) is 52.1 Å². The highest BCUT2D eigenvalue weighted by Crippen LogP contribution is 2.28. The van der Waals surface area contributed by atoms with Crippen molar-refractivity contribution < 1.29 is 19.1 Å². The van der Waals surface area contributed by atoms with Crippen LogP contribution in [0.1, 0.15) is 73.7 Å². The molecule has 4 rings (SSSR count). The minimum atomic E-state index is -0.605. The molecule has 0 spiro atoms. The smallest absolute Gasteiger partial charge is 0.407 e. The average molecular weight is 617 g/mol. The van der Waals surface area contributed by atoms with Gasteiger partial charge in [0.2, 0.25) is 5.91 Å². The lowest BCUT2D eigenvalue weighted by atomic mass is 9.84. The summed E-state index contributed by atoms with van der Waals surface area (Å²) in [5, 5.41) is 26.8. The second-order valence-corrected chi connectivity index (χ2v) is 12.5. The lowest BCUT2D eigenvalue weighted by Crippen LogP contribution is -2.40. The predicted molar refractivity (Wildman–Crippen MR) is 176 cm³/mol. The number of nitrogens with zero attached hydrogens (tertiary/aromatic N) is 3. The maximum atomic E-state index is 12.9. The molecule has 0 saturated carbocycles. The average Bonchev–Trinajstić information content (AvgIpc) is 3.50. The first-order valence-electron chi connectivity index (χ1n) is 14.8. The maximum Gasteiger partial charge on any atom is 0.407 e. The molecule has 0 aromatic heterocycles. The molecule has 0 aliphatic carbocycles. The number of carbonyl (C=O) groups is 3. The Labute approximate surface area is 268 Å². The minimum absolute atomic E-state index is 0.243. The number of nitrogens with one attached hydrogen (secondary N) is 3. The van der Waals surface area contributed by atoms with Crippen LogP contribution in [0.25, 0.3) is 16.8 Å². The van der Waals surface area contributed by atoms with Crippen molar-refractivity contribution in [2.75, 3.05) is 13.1 Å². The van der Waals surface area contributed by atoms with Crippen LogP contribution < -0.4 is 16.0 Å². The SMILES string of the molecule is CC(C)(C)OC(=O)NCC(C)(C)c1cccc(C(=O)NCC(=O)NC2=NC(c3cccc(-c4cc(C#N)cc(C#N)c4)c3)=CC2)c1. The van der Waals surface area contributed by atoms with Crippen molar-refractivity contribution in [3.05, 3.63) is 101 Å². The van der Waals surface area contributed by atoms with Gasteiger partial charge in [-0.2, -0.15) is 10.5 Å². The molecule has 234 valence electrons. The van der Waals surface area contributed by atoms with Crippen molar-refractivity contribution in [1.29, 1.82) is 10.5 Å². The number of hydrogen-bond donors (Lipinski definition) is 3. The van der Waals surface area contributed by atoms with Crippen LogP contribution in [0.15, 0.2) is 77.8 Å². The number of aliphatic imine (C=N–C) groups is 1. The quantitative estimate of drug-likeness (QED) is 0.300. The van der Waals surface area contributed by atoms with E-state index in [1.165, 1.54) is 0 Å². The molecule has 46 heavy (non-hydrogen) atoms. The van der Waals surface area contributed by atoms with Crippen LogP contribution in [0.2, 0.25) is 0 Å². The first-order valence-corrected chi connectivity index (χ1v) is 14.8. The van der Waals surface area contributed by atoms with Crippen molar-refractivity contribution in [3.63, 3.8) is 0 Å². The first kappa shape index (κ1) is 33.2. The summed E-state index contributed by atoms with van der Waals surface area (Å²) in [5.74, 6) is -0.359. The number of amides is 3. The summed E-state index contributed by atoms with van der Waals surface area (Å²) in [6, 6.07) is 23.8. The van der Waals surface area contributed by atoms with Gasteiger partial charge >= 0.3 is 6.09 Å². The van der Waals surface area contributed by atoms with E-state index in [9.17, 15) is 24.9 Å². The number of ether oxygens (including phenoxy) is 1. The third kappa shape index (κ3) is 8.90. The fraction of sp³-hybridized carbons (Fsp3) is 0.278. The molecular formula is C36H36N6O4. The summed E-state index contributed by atoms with van der Waals surface area (Å²) < 4.78 is 5.32. The molecule has 10 heteroatoms. The van der Waals surface area contributed by atoms with Gasteiger partial charge in [0.1, 0.15) is 11.4 Å². The van der Waals surface area contributed by atoms with Gasteiger partial charge < -0.3 is 20.7 Å². The largest absolute Gasteiger partial charge is 0.444 e. The fourth-order valence-corrected chi connectivity index (χ4v) is 4.73. The molecule has 1 aliphatic rings. The van der Waals surface area contributed by atoms with Crippen LogP contribution in [-0.4, -0.2) is 42.4 Å². The molecule has 0 bridgehead atoms. The van der Waals surface area contributed by atoms with Gasteiger partial charge in [0.05, 0.1) is 35.5 Å². The van der Waals surface area contributed by atoms with Crippen molar-refractivity contribution in [3.8, 4) is 23.3 Å². The van der Waals surface area contributed by atoms with Gasteiger partial charge in [-0.15, -0.1) is 0 Å². The van der Waals surface area contributed by atoms with E-state index >= 15 is 0 Å². The second-order valence-electron chi connectivity index (χ2n) is 12.5. The summed E-state index contributed by atoms with van der Waals surface area (Å²) in [6.45, 7) is 9.34. The summed E-state index contributed by atoms with van der Waals surface area (Å²) in [5.41, 5.74) is 4.01. The van der Waals surface area contributed by atoms with E-state index in [0.29, 0.717) is 41.2 Å². The van der Waals surface area contributed by atoms with Crippen LogP contribution in [0.4, 0.5) is 4.79 Å². The molecule has 1 heterocycles. The molecule has 3 aromatic carbocycles. The van der Waals surface area contributed by atoms with Crippen LogP contribution in [0, 0.1) is 22.7 Å². The zero-order valence-electron chi connectivity index (χ0n) is 26.5. The van der Waals surface area contributed by atoms with Gasteiger partial charge in [-0.3, -0.25) is 9.59 Å². The summed E-state index contributed by atoms with van der Waals surface area (Å²) in [7, 11) is 0. The van der Waals surface area contributed by atoms with Crippen molar-refractivity contribution in [2.24, 2.45) is 4.99 Å². The normalized spacial score (nSPS) is 12.6. The number of alkyl carbamates (subject to hydrolysis) is 1. The Hall–Kier alpha value is -5.74. The highest BCUT2D eigenvalue weighted by Gasteiger charge is 2.25. The number of benzene rings is 3. The zero-order valence-corrected chi connectivity index (χ0v) is 26.5. The van der Waals surface area contributed by atoms with Gasteiger partial charge in [0.15, 0.2) is 0 Å². The van der Waals surface area contributed by atoms with E-state index < -0.39 is 28.9 Å². The number of hydrogen-bond acceptors (Lipinski definition) is 7. The van der Waals surface area contributed by atoms with Crippen molar-refractivity contribution in [1.82, 2.24) is 16.0 Å². The monoisotopic (exact) mass is 616 g/mol. The third-order valence-electron chi connectivity index (χ3n) is 7.10. The maximum absolute atomic E-state index is 12.9. The third-order valence-corrected chi connectivity index (χ3v) is 7.10. The summed E-state index contributed by atoms with van der Waals surface area (Å²) >= 11 is 0. The molecule has 0 saturated heterocycles. The van der Waals surface area contributed by atoms with E-state index in [2.05, 4.69) is 33.1 Å². The molecule has 3 amide bonds. The van der Waals surface area contributed by atoms with Crippen LogP contribution in [-0.2, 0) is 14.9 Å². The Morgan fingerprint density at radius 1 is 0.848 bits per heavy atom. The Kier molecular flexibility index (Phi) is 10.0. The molecular weight excluding hydrogens is 580 g/mol. The molecule has 0 atom stereocenters. The fourth-order valence-electron chi connectivity index (χ4n) is 4.73. The molecule has 0 unspecified atom stereocenters. The Morgan fingerprint density at radius 3 is 2.20 bits per heavy atom. The molecule has 0 radical (unpaired) electrons. The molecule has 10 nitrogen and oxygen atoms in total. The van der Waals surface area contributed by atoms with E-state index in [1.54, 1.807) is 57.2 Å². The topological polar surface area (TPSA) is 156 Å². The highest BCUT2D eigenvalue weighted by molar-refractivity contribution is 6.05. The van der Waals surface area contributed by atoms with Gasteiger partial charge in [-0.05, 0) is 73.9 Å². The van der Waals surface area contributed by atoms with E-state index in [-0.39, 0.29) is 6.54 Å².